The molecule has 1 rings (SSSR count). The molecule has 23 heavy (non-hydrogen) atoms. The predicted octanol–water partition coefficient (Wildman–Crippen LogP) is 0.607. The number of carbonyl (C=O) groups excluding carboxylic acids is 1. The molecule has 0 bridgehead atoms. The van der Waals surface area contributed by atoms with Crippen LogP contribution in [-0.4, -0.2) is 39.6 Å². The van der Waals surface area contributed by atoms with Crippen LogP contribution in [-0.2, 0) is 14.8 Å². The molecular formula is C15H25N3O4S. The van der Waals surface area contributed by atoms with Crippen LogP contribution >= 0.6 is 0 Å². The number of benzene rings is 1. The summed E-state index contributed by atoms with van der Waals surface area (Å²) < 4.78 is 31.8. The monoisotopic (exact) mass is 343 g/mol. The summed E-state index contributed by atoms with van der Waals surface area (Å²) in [4.78, 5) is 11.7. The van der Waals surface area contributed by atoms with Crippen molar-refractivity contribution < 1.29 is 17.9 Å². The summed E-state index contributed by atoms with van der Waals surface area (Å²) in [6.45, 7) is 6.30. The molecule has 0 heterocycles. The molecular weight excluding hydrogens is 318 g/mol. The Kier molecular flexibility index (Phi) is 6.99. The normalized spacial score (nSPS) is 12.0. The van der Waals surface area contributed by atoms with Crippen LogP contribution in [0, 0.1) is 0 Å². The lowest BCUT2D eigenvalue weighted by atomic mass is 10.1. The number of carbonyl (C=O) groups is 1. The van der Waals surface area contributed by atoms with Crippen LogP contribution in [0.25, 0.3) is 0 Å². The number of nitrogens with two attached hydrogens (primary N) is 1. The molecule has 0 atom stereocenters. The van der Waals surface area contributed by atoms with E-state index in [-0.39, 0.29) is 23.8 Å². The second kappa shape index (κ2) is 8.28. The molecule has 7 nitrogen and oxygen atoms in total. The highest BCUT2D eigenvalue weighted by Crippen LogP contribution is 2.15. The topological polar surface area (TPSA) is 111 Å². The van der Waals surface area contributed by atoms with Gasteiger partial charge in [0.05, 0.1) is 11.5 Å². The van der Waals surface area contributed by atoms with E-state index in [1.54, 1.807) is 26.0 Å². The van der Waals surface area contributed by atoms with Gasteiger partial charge in [-0.1, -0.05) is 0 Å². The van der Waals surface area contributed by atoms with Crippen molar-refractivity contribution >= 4 is 15.9 Å². The zero-order valence-corrected chi connectivity index (χ0v) is 14.6. The summed E-state index contributed by atoms with van der Waals surface area (Å²) in [7, 11) is -3.64. The van der Waals surface area contributed by atoms with E-state index in [4.69, 9.17) is 10.5 Å². The van der Waals surface area contributed by atoms with Gasteiger partial charge in [-0.05, 0) is 45.0 Å². The van der Waals surface area contributed by atoms with Crippen molar-refractivity contribution in [1.82, 2.24) is 10.0 Å². The molecule has 130 valence electrons. The van der Waals surface area contributed by atoms with Gasteiger partial charge in [-0.25, -0.2) is 13.1 Å². The van der Waals surface area contributed by atoms with E-state index in [1.807, 2.05) is 6.92 Å². The van der Waals surface area contributed by atoms with Crippen molar-refractivity contribution in [2.24, 2.45) is 5.73 Å². The van der Waals surface area contributed by atoms with Gasteiger partial charge in [0.25, 0.3) is 0 Å². The largest absolute Gasteiger partial charge is 0.494 e. The van der Waals surface area contributed by atoms with Crippen molar-refractivity contribution in [3.8, 4) is 5.75 Å². The van der Waals surface area contributed by atoms with Crippen molar-refractivity contribution in [2.75, 3.05) is 19.7 Å². The van der Waals surface area contributed by atoms with E-state index >= 15 is 0 Å². The van der Waals surface area contributed by atoms with Gasteiger partial charge in [0.2, 0.25) is 15.9 Å². The summed E-state index contributed by atoms with van der Waals surface area (Å²) in [5, 5.41) is 2.65. The molecule has 8 heteroatoms. The summed E-state index contributed by atoms with van der Waals surface area (Å²) >= 11 is 0. The van der Waals surface area contributed by atoms with Crippen LogP contribution in [0.5, 0.6) is 5.75 Å². The molecule has 0 aliphatic heterocycles. The molecule has 0 saturated heterocycles. The first-order valence-corrected chi connectivity index (χ1v) is 8.90. The minimum atomic E-state index is -3.64. The number of hydrogen-bond donors (Lipinski definition) is 3. The minimum Gasteiger partial charge on any atom is -0.494 e. The van der Waals surface area contributed by atoms with Crippen molar-refractivity contribution in [3.63, 3.8) is 0 Å². The smallest absolute Gasteiger partial charge is 0.240 e. The average molecular weight is 343 g/mol. The Morgan fingerprint density at radius 2 is 1.87 bits per heavy atom. The van der Waals surface area contributed by atoms with E-state index in [0.717, 1.165) is 0 Å². The number of hydrogen-bond acceptors (Lipinski definition) is 5. The quantitative estimate of drug-likeness (QED) is 0.608. The fraction of sp³-hybridized carbons (Fsp3) is 0.533. The van der Waals surface area contributed by atoms with Gasteiger partial charge in [0.1, 0.15) is 5.75 Å². The maximum Gasteiger partial charge on any atom is 0.240 e. The lowest BCUT2D eigenvalue weighted by Gasteiger charge is -2.18. The van der Waals surface area contributed by atoms with Crippen LogP contribution in [0.4, 0.5) is 0 Å². The van der Waals surface area contributed by atoms with E-state index in [1.165, 1.54) is 12.1 Å². The number of rotatable bonds is 9. The molecule has 0 aliphatic rings. The highest BCUT2D eigenvalue weighted by Gasteiger charge is 2.15. The third-order valence-corrected chi connectivity index (χ3v) is 4.31. The Labute approximate surface area is 137 Å². The third-order valence-electron chi connectivity index (χ3n) is 2.83. The fourth-order valence-electron chi connectivity index (χ4n) is 1.68. The first-order chi connectivity index (χ1) is 10.6. The average Bonchev–Trinajstić information content (AvgIpc) is 2.45. The molecule has 0 spiro atoms. The van der Waals surface area contributed by atoms with Crippen molar-refractivity contribution in [2.45, 2.75) is 37.6 Å². The molecule has 0 aromatic heterocycles. The van der Waals surface area contributed by atoms with Crippen LogP contribution < -0.4 is 20.5 Å². The van der Waals surface area contributed by atoms with Gasteiger partial charge in [0.15, 0.2) is 0 Å². The molecule has 1 aromatic rings. The number of sulfonamides is 1. The second-order valence-electron chi connectivity index (χ2n) is 5.82. The van der Waals surface area contributed by atoms with E-state index in [2.05, 4.69) is 10.0 Å². The fourth-order valence-corrected chi connectivity index (χ4v) is 2.71. The molecule has 1 aromatic carbocycles. The van der Waals surface area contributed by atoms with Crippen LogP contribution in [0.2, 0.25) is 0 Å². The summed E-state index contributed by atoms with van der Waals surface area (Å²) in [5.74, 6) is 0.355. The Bertz CT molecular complexity index is 607. The molecule has 0 radical (unpaired) electrons. The molecule has 4 N–H and O–H groups in total. The first-order valence-electron chi connectivity index (χ1n) is 7.42. The minimum absolute atomic E-state index is 0.0202. The van der Waals surface area contributed by atoms with Gasteiger partial charge < -0.3 is 15.8 Å². The molecule has 0 saturated carbocycles. The molecule has 0 unspecified atom stereocenters. The number of amides is 1. The Hall–Kier alpha value is -1.64. The molecule has 0 fully saturated rings. The summed E-state index contributed by atoms with van der Waals surface area (Å²) in [5.41, 5.74) is 5.25. The van der Waals surface area contributed by atoms with Crippen LogP contribution in [0.3, 0.4) is 0 Å². The van der Waals surface area contributed by atoms with Gasteiger partial charge in [-0.3, -0.25) is 4.79 Å². The summed E-state index contributed by atoms with van der Waals surface area (Å²) in [6.07, 6.45) is 0.0480. The van der Waals surface area contributed by atoms with Gasteiger partial charge in [0, 0.05) is 25.0 Å². The van der Waals surface area contributed by atoms with Crippen molar-refractivity contribution in [1.29, 1.82) is 0 Å². The maximum atomic E-state index is 12.1. The maximum absolute atomic E-state index is 12.1. The molecule has 0 aliphatic carbocycles. The van der Waals surface area contributed by atoms with Crippen molar-refractivity contribution in [3.05, 3.63) is 24.3 Å². The SMILES string of the molecule is CCOc1ccc(S(=O)(=O)NCCC(=O)NCC(C)(C)N)cc1. The Morgan fingerprint density at radius 1 is 1.26 bits per heavy atom. The first kappa shape index (κ1) is 19.4. The lowest BCUT2D eigenvalue weighted by Crippen LogP contribution is -2.45. The van der Waals surface area contributed by atoms with Crippen LogP contribution in [0.15, 0.2) is 29.2 Å². The highest BCUT2D eigenvalue weighted by atomic mass is 32.2. The Morgan fingerprint density at radius 3 is 2.39 bits per heavy atom. The van der Waals surface area contributed by atoms with Gasteiger partial charge in [-0.2, -0.15) is 0 Å². The predicted molar refractivity (Wildman–Crippen MR) is 88.7 cm³/mol. The zero-order chi connectivity index (χ0) is 17.5. The third kappa shape index (κ3) is 7.45. The highest BCUT2D eigenvalue weighted by molar-refractivity contribution is 7.89. The van der Waals surface area contributed by atoms with Crippen LogP contribution in [0.1, 0.15) is 27.2 Å². The standard InChI is InChI=1S/C15H25N3O4S/c1-4-22-12-5-7-13(8-6-12)23(20,21)18-10-9-14(19)17-11-15(2,3)16/h5-8,18H,4,9-11,16H2,1-3H3,(H,17,19). The Balaban J connectivity index is 2.48. The zero-order valence-electron chi connectivity index (χ0n) is 13.8. The second-order valence-corrected chi connectivity index (χ2v) is 7.58. The van der Waals surface area contributed by atoms with E-state index in [9.17, 15) is 13.2 Å². The molecule has 1 amide bonds. The lowest BCUT2D eigenvalue weighted by molar-refractivity contribution is -0.121. The number of nitrogens with one attached hydrogen (secondary N) is 2. The van der Waals surface area contributed by atoms with E-state index in [0.29, 0.717) is 18.9 Å². The van der Waals surface area contributed by atoms with Gasteiger partial charge in [-0.15, -0.1) is 0 Å². The summed E-state index contributed by atoms with van der Waals surface area (Å²) in [6, 6.07) is 6.11. The number of ether oxygens (including phenoxy) is 1. The van der Waals surface area contributed by atoms with E-state index < -0.39 is 15.6 Å². The van der Waals surface area contributed by atoms with Gasteiger partial charge >= 0.3 is 0 Å².